The third-order valence-corrected chi connectivity index (χ3v) is 2.77. The largest absolute Gasteiger partial charge is 0.324 e. The molecule has 0 heterocycles. The second-order valence-electron chi connectivity index (χ2n) is 4.14. The molecule has 88 valence electrons. The number of carbonyl (C=O) groups is 1. The Morgan fingerprint density at radius 2 is 2.19 bits per heavy atom. The predicted octanol–water partition coefficient (Wildman–Crippen LogP) is 2.20. The van der Waals surface area contributed by atoms with E-state index < -0.39 is 5.54 Å². The fourth-order valence-corrected chi connectivity index (χ4v) is 1.17. The van der Waals surface area contributed by atoms with E-state index in [2.05, 4.69) is 5.32 Å². The molecule has 0 aliphatic heterocycles. The smallest absolute Gasteiger partial charge is 0.244 e. The summed E-state index contributed by atoms with van der Waals surface area (Å²) >= 11 is 0. The van der Waals surface area contributed by atoms with Gasteiger partial charge in [-0.2, -0.15) is 0 Å². The Labute approximate surface area is 94.8 Å². The topological polar surface area (TPSA) is 55.1 Å². The van der Waals surface area contributed by atoms with Crippen LogP contribution in [0.4, 0.5) is 10.1 Å². The van der Waals surface area contributed by atoms with Crippen molar-refractivity contribution in [2.45, 2.75) is 32.7 Å². The highest BCUT2D eigenvalue weighted by molar-refractivity contribution is 5.98. The monoisotopic (exact) mass is 224 g/mol. The van der Waals surface area contributed by atoms with Gasteiger partial charge in [-0.3, -0.25) is 4.79 Å². The first-order chi connectivity index (χ1) is 7.38. The van der Waals surface area contributed by atoms with Crippen LogP contribution in [0.2, 0.25) is 0 Å². The summed E-state index contributed by atoms with van der Waals surface area (Å²) in [5.41, 5.74) is 5.74. The van der Waals surface area contributed by atoms with E-state index in [1.165, 1.54) is 6.07 Å². The minimum atomic E-state index is -0.932. The molecule has 3 N–H and O–H groups in total. The second-order valence-corrected chi connectivity index (χ2v) is 4.14. The summed E-state index contributed by atoms with van der Waals surface area (Å²) in [4.78, 5) is 11.8. The van der Waals surface area contributed by atoms with Crippen molar-refractivity contribution in [3.05, 3.63) is 29.6 Å². The molecule has 0 aromatic heterocycles. The minimum Gasteiger partial charge on any atom is -0.324 e. The Hall–Kier alpha value is -1.42. The lowest BCUT2D eigenvalue weighted by Crippen LogP contribution is -2.47. The number of nitrogens with one attached hydrogen (secondary N) is 1. The van der Waals surface area contributed by atoms with Crippen molar-refractivity contribution < 1.29 is 9.18 Å². The maximum atomic E-state index is 13.2. The van der Waals surface area contributed by atoms with E-state index in [-0.39, 0.29) is 11.7 Å². The van der Waals surface area contributed by atoms with Gasteiger partial charge < -0.3 is 11.1 Å². The van der Waals surface area contributed by atoms with Gasteiger partial charge in [-0.1, -0.05) is 13.0 Å². The quantitative estimate of drug-likeness (QED) is 0.827. The highest BCUT2D eigenvalue weighted by atomic mass is 19.1. The summed E-state index contributed by atoms with van der Waals surface area (Å²) in [5.74, 6) is -0.642. The summed E-state index contributed by atoms with van der Waals surface area (Å²) in [6, 6.07) is 4.56. The Morgan fingerprint density at radius 3 is 2.75 bits per heavy atom. The summed E-state index contributed by atoms with van der Waals surface area (Å²) in [6.45, 7) is 5.10. The predicted molar refractivity (Wildman–Crippen MR) is 62.7 cm³/mol. The van der Waals surface area contributed by atoms with Gasteiger partial charge in [0.05, 0.1) is 5.54 Å². The summed E-state index contributed by atoms with van der Waals surface area (Å²) in [6.07, 6.45) is 0.521. The Kier molecular flexibility index (Phi) is 3.65. The molecule has 0 radical (unpaired) electrons. The van der Waals surface area contributed by atoms with E-state index in [4.69, 9.17) is 5.73 Å². The van der Waals surface area contributed by atoms with Crippen molar-refractivity contribution in [1.82, 2.24) is 0 Å². The molecule has 0 saturated carbocycles. The van der Waals surface area contributed by atoms with Gasteiger partial charge in [-0.25, -0.2) is 4.39 Å². The van der Waals surface area contributed by atoms with Crippen LogP contribution in [0, 0.1) is 12.7 Å². The normalized spacial score (nSPS) is 14.3. The molecule has 0 fully saturated rings. The molecule has 0 aliphatic rings. The third kappa shape index (κ3) is 2.58. The van der Waals surface area contributed by atoms with E-state index in [0.717, 1.165) is 0 Å². The molecule has 1 rings (SSSR count). The molecule has 1 amide bonds. The number of amides is 1. The first-order valence-corrected chi connectivity index (χ1v) is 5.24. The van der Waals surface area contributed by atoms with Gasteiger partial charge in [0.15, 0.2) is 0 Å². The van der Waals surface area contributed by atoms with Gasteiger partial charge in [0.25, 0.3) is 0 Å². The van der Waals surface area contributed by atoms with Crippen molar-refractivity contribution in [3.63, 3.8) is 0 Å². The average molecular weight is 224 g/mol. The minimum absolute atomic E-state index is 0.302. The molecule has 0 saturated heterocycles. The Morgan fingerprint density at radius 1 is 1.56 bits per heavy atom. The maximum Gasteiger partial charge on any atom is 0.244 e. The van der Waals surface area contributed by atoms with Gasteiger partial charge in [-0.15, -0.1) is 0 Å². The van der Waals surface area contributed by atoms with Gasteiger partial charge in [-0.05, 0) is 32.4 Å². The van der Waals surface area contributed by atoms with Crippen LogP contribution in [0.15, 0.2) is 18.2 Å². The maximum absolute atomic E-state index is 13.2. The number of carbonyl (C=O) groups excluding carboxylic acids is 1. The number of hydrogen-bond donors (Lipinski definition) is 2. The zero-order valence-electron chi connectivity index (χ0n) is 9.80. The van der Waals surface area contributed by atoms with Crippen LogP contribution in [0.1, 0.15) is 25.8 Å². The molecule has 3 nitrogen and oxygen atoms in total. The fourth-order valence-electron chi connectivity index (χ4n) is 1.17. The van der Waals surface area contributed by atoms with Gasteiger partial charge >= 0.3 is 0 Å². The van der Waals surface area contributed by atoms with Gasteiger partial charge in [0.1, 0.15) is 5.82 Å². The second kappa shape index (κ2) is 4.61. The lowest BCUT2D eigenvalue weighted by atomic mass is 9.99. The number of hydrogen-bond acceptors (Lipinski definition) is 2. The SMILES string of the molecule is CCC(C)(N)C(=O)Nc1cccc(F)c1C. The summed E-state index contributed by atoms with van der Waals surface area (Å²) < 4.78 is 13.2. The number of benzene rings is 1. The standard InChI is InChI=1S/C12H17FN2O/c1-4-12(3,14)11(16)15-10-7-5-6-9(13)8(10)2/h5-7H,4,14H2,1-3H3,(H,15,16). The van der Waals surface area contributed by atoms with Gasteiger partial charge in [0.2, 0.25) is 5.91 Å². The van der Waals surface area contributed by atoms with Crippen molar-refractivity contribution in [1.29, 1.82) is 0 Å². The van der Waals surface area contributed by atoms with Crippen molar-refractivity contribution >= 4 is 11.6 Å². The van der Waals surface area contributed by atoms with Crippen LogP contribution in [0.3, 0.4) is 0 Å². The zero-order valence-corrected chi connectivity index (χ0v) is 9.80. The molecule has 1 aromatic carbocycles. The lowest BCUT2D eigenvalue weighted by Gasteiger charge is -2.22. The highest BCUT2D eigenvalue weighted by Gasteiger charge is 2.26. The molecule has 0 bridgehead atoms. The average Bonchev–Trinajstić information content (AvgIpc) is 2.24. The highest BCUT2D eigenvalue weighted by Crippen LogP contribution is 2.19. The van der Waals surface area contributed by atoms with E-state index in [1.807, 2.05) is 6.92 Å². The van der Waals surface area contributed by atoms with E-state index >= 15 is 0 Å². The number of nitrogens with two attached hydrogens (primary N) is 1. The first-order valence-electron chi connectivity index (χ1n) is 5.24. The van der Waals surface area contributed by atoms with Gasteiger partial charge in [0, 0.05) is 11.3 Å². The molecule has 0 aliphatic carbocycles. The number of anilines is 1. The van der Waals surface area contributed by atoms with E-state index in [0.29, 0.717) is 17.7 Å². The summed E-state index contributed by atoms with van der Waals surface area (Å²) in [5, 5.41) is 2.64. The fraction of sp³-hybridized carbons (Fsp3) is 0.417. The third-order valence-electron chi connectivity index (χ3n) is 2.77. The zero-order chi connectivity index (χ0) is 12.3. The van der Waals surface area contributed by atoms with Crippen LogP contribution in [0.5, 0.6) is 0 Å². The number of halogens is 1. The van der Waals surface area contributed by atoms with Crippen molar-refractivity contribution in [3.8, 4) is 0 Å². The van der Waals surface area contributed by atoms with E-state index in [9.17, 15) is 9.18 Å². The summed E-state index contributed by atoms with van der Waals surface area (Å²) in [7, 11) is 0. The van der Waals surface area contributed by atoms with Crippen LogP contribution >= 0.6 is 0 Å². The van der Waals surface area contributed by atoms with Crippen molar-refractivity contribution in [2.24, 2.45) is 5.73 Å². The molecule has 0 spiro atoms. The molecule has 16 heavy (non-hydrogen) atoms. The number of rotatable bonds is 3. The Bertz CT molecular complexity index is 402. The molecule has 1 atom stereocenters. The molecule has 4 heteroatoms. The molecular weight excluding hydrogens is 207 g/mol. The van der Waals surface area contributed by atoms with Crippen LogP contribution in [-0.2, 0) is 4.79 Å². The molecule has 1 aromatic rings. The van der Waals surface area contributed by atoms with Crippen molar-refractivity contribution in [2.75, 3.05) is 5.32 Å². The molecule has 1 unspecified atom stereocenters. The van der Waals surface area contributed by atoms with Crippen LogP contribution < -0.4 is 11.1 Å². The lowest BCUT2D eigenvalue weighted by molar-refractivity contribution is -0.120. The van der Waals surface area contributed by atoms with Crippen LogP contribution in [-0.4, -0.2) is 11.4 Å². The molecular formula is C12H17FN2O. The Balaban J connectivity index is 2.90. The first kappa shape index (κ1) is 12.6. The van der Waals surface area contributed by atoms with E-state index in [1.54, 1.807) is 26.0 Å². The van der Waals surface area contributed by atoms with Crippen LogP contribution in [0.25, 0.3) is 0 Å².